The standard InChI is InChI=1S/C15H11NO5S/c1-16-12-6-10-11(7-13(12)22(19,20)21)15(18)9-5-3-2-4-8(9)14(10)17/h2-7,16H,1H3,(H,19,20,21)/p-1. The summed E-state index contributed by atoms with van der Waals surface area (Å²) in [6, 6.07) is 8.49. The first-order chi connectivity index (χ1) is 10.3. The van der Waals surface area contributed by atoms with E-state index in [-0.39, 0.29) is 33.7 Å². The van der Waals surface area contributed by atoms with Crippen LogP contribution in [0.5, 0.6) is 0 Å². The number of benzene rings is 2. The SMILES string of the molecule is CNc1cc2c(cc1S(=O)(=O)[O-])C(=O)c1ccccc1C2=O. The van der Waals surface area contributed by atoms with E-state index in [1.165, 1.54) is 25.2 Å². The Hall–Kier alpha value is -2.51. The molecule has 22 heavy (non-hydrogen) atoms. The molecule has 0 aromatic heterocycles. The van der Waals surface area contributed by atoms with Gasteiger partial charge in [0.05, 0.1) is 10.6 Å². The number of carbonyl (C=O) groups is 2. The molecule has 0 heterocycles. The first-order valence-corrected chi connectivity index (χ1v) is 7.75. The quantitative estimate of drug-likeness (QED) is 0.717. The molecule has 0 fully saturated rings. The van der Waals surface area contributed by atoms with E-state index in [4.69, 9.17) is 0 Å². The second kappa shape index (κ2) is 4.75. The van der Waals surface area contributed by atoms with Crippen molar-refractivity contribution in [3.8, 4) is 0 Å². The smallest absolute Gasteiger partial charge is 0.194 e. The van der Waals surface area contributed by atoms with Crippen LogP contribution in [0.3, 0.4) is 0 Å². The minimum absolute atomic E-state index is 0.00530. The molecule has 0 atom stereocenters. The molecule has 0 saturated carbocycles. The molecule has 0 saturated heterocycles. The van der Waals surface area contributed by atoms with E-state index in [0.29, 0.717) is 0 Å². The van der Waals surface area contributed by atoms with Gasteiger partial charge in [0.25, 0.3) is 0 Å². The lowest BCUT2D eigenvalue weighted by atomic mass is 9.84. The van der Waals surface area contributed by atoms with Crippen LogP contribution in [0.2, 0.25) is 0 Å². The van der Waals surface area contributed by atoms with E-state index >= 15 is 0 Å². The molecule has 6 nitrogen and oxygen atoms in total. The fourth-order valence-electron chi connectivity index (χ4n) is 2.53. The molecule has 0 aliphatic heterocycles. The summed E-state index contributed by atoms with van der Waals surface area (Å²) >= 11 is 0. The summed E-state index contributed by atoms with van der Waals surface area (Å²) in [5.74, 6) is -0.852. The highest BCUT2D eigenvalue weighted by atomic mass is 32.2. The highest BCUT2D eigenvalue weighted by Gasteiger charge is 2.31. The Bertz CT molecular complexity index is 931. The van der Waals surface area contributed by atoms with E-state index in [2.05, 4.69) is 5.32 Å². The highest BCUT2D eigenvalue weighted by molar-refractivity contribution is 7.86. The number of anilines is 1. The van der Waals surface area contributed by atoms with Gasteiger partial charge in [0.15, 0.2) is 11.6 Å². The fourth-order valence-corrected chi connectivity index (χ4v) is 3.22. The van der Waals surface area contributed by atoms with Gasteiger partial charge in [0.1, 0.15) is 10.1 Å². The topological polar surface area (TPSA) is 103 Å². The molecule has 0 radical (unpaired) electrons. The van der Waals surface area contributed by atoms with E-state index in [9.17, 15) is 22.6 Å². The zero-order chi connectivity index (χ0) is 16.1. The second-order valence-corrected chi connectivity index (χ2v) is 6.15. The molecular weight excluding hydrogens is 306 g/mol. The summed E-state index contributed by atoms with van der Waals surface area (Å²) in [7, 11) is -3.34. The van der Waals surface area contributed by atoms with Gasteiger partial charge >= 0.3 is 0 Å². The van der Waals surface area contributed by atoms with Gasteiger partial charge in [0.2, 0.25) is 0 Å². The Morgan fingerprint density at radius 2 is 1.41 bits per heavy atom. The number of carbonyl (C=O) groups excluding carboxylic acids is 2. The Labute approximate surface area is 126 Å². The van der Waals surface area contributed by atoms with Crippen LogP contribution in [0.1, 0.15) is 31.8 Å². The second-order valence-electron chi connectivity index (χ2n) is 4.80. The number of rotatable bonds is 2. The molecule has 0 bridgehead atoms. The van der Waals surface area contributed by atoms with Gasteiger partial charge in [-0.25, -0.2) is 8.42 Å². The van der Waals surface area contributed by atoms with Crippen LogP contribution in [0, 0.1) is 0 Å². The van der Waals surface area contributed by atoms with Crippen molar-refractivity contribution in [1.29, 1.82) is 0 Å². The van der Waals surface area contributed by atoms with Gasteiger partial charge in [-0.3, -0.25) is 9.59 Å². The van der Waals surface area contributed by atoms with Crippen LogP contribution in [0.25, 0.3) is 0 Å². The lowest BCUT2D eigenvalue weighted by Crippen LogP contribution is -2.22. The first-order valence-electron chi connectivity index (χ1n) is 6.34. The lowest BCUT2D eigenvalue weighted by molar-refractivity contribution is 0.0979. The maximum atomic E-state index is 12.5. The average Bonchev–Trinajstić information content (AvgIpc) is 2.50. The van der Waals surface area contributed by atoms with Crippen molar-refractivity contribution in [2.45, 2.75) is 4.90 Å². The zero-order valence-corrected chi connectivity index (χ0v) is 12.2. The largest absolute Gasteiger partial charge is 0.744 e. The summed E-state index contributed by atoms with van der Waals surface area (Å²) in [5, 5.41) is 2.57. The van der Waals surface area contributed by atoms with Gasteiger partial charge in [-0.1, -0.05) is 24.3 Å². The zero-order valence-electron chi connectivity index (χ0n) is 11.4. The van der Waals surface area contributed by atoms with Gasteiger partial charge < -0.3 is 9.87 Å². The average molecular weight is 316 g/mol. The third-order valence-electron chi connectivity index (χ3n) is 3.56. The number of fused-ring (bicyclic) bond motifs is 2. The molecule has 3 rings (SSSR count). The molecule has 2 aromatic rings. The minimum Gasteiger partial charge on any atom is -0.744 e. The van der Waals surface area contributed by atoms with Crippen LogP contribution >= 0.6 is 0 Å². The molecule has 7 heteroatoms. The van der Waals surface area contributed by atoms with Gasteiger partial charge in [-0.2, -0.15) is 0 Å². The summed E-state index contributed by atoms with van der Waals surface area (Å²) in [6.45, 7) is 0. The third-order valence-corrected chi connectivity index (χ3v) is 4.44. The summed E-state index contributed by atoms with van der Waals surface area (Å²) in [6.07, 6.45) is 0. The van der Waals surface area contributed by atoms with Crippen molar-refractivity contribution in [3.63, 3.8) is 0 Å². The summed E-state index contributed by atoms with van der Waals surface area (Å²) < 4.78 is 34.0. The van der Waals surface area contributed by atoms with E-state index in [0.717, 1.165) is 6.07 Å². The number of nitrogens with one attached hydrogen (secondary N) is 1. The number of hydrogen-bond donors (Lipinski definition) is 1. The predicted molar refractivity (Wildman–Crippen MR) is 77.3 cm³/mol. The molecule has 0 unspecified atom stereocenters. The van der Waals surface area contributed by atoms with Gasteiger partial charge in [-0.15, -0.1) is 0 Å². The van der Waals surface area contributed by atoms with Crippen LogP contribution in [-0.4, -0.2) is 31.6 Å². The van der Waals surface area contributed by atoms with Crippen LogP contribution < -0.4 is 5.32 Å². The van der Waals surface area contributed by atoms with Crippen LogP contribution in [0.15, 0.2) is 41.3 Å². The maximum absolute atomic E-state index is 12.5. The summed E-state index contributed by atoms with van der Waals surface area (Å²) in [4.78, 5) is 24.4. The molecule has 1 aliphatic carbocycles. The van der Waals surface area contributed by atoms with Crippen LogP contribution in [-0.2, 0) is 10.1 Å². The highest BCUT2D eigenvalue weighted by Crippen LogP contribution is 2.32. The molecule has 112 valence electrons. The van der Waals surface area contributed by atoms with Crippen molar-refractivity contribution in [3.05, 3.63) is 58.7 Å². The number of hydrogen-bond acceptors (Lipinski definition) is 6. The monoisotopic (exact) mass is 316 g/mol. The maximum Gasteiger partial charge on any atom is 0.194 e. The van der Waals surface area contributed by atoms with E-state index in [1.54, 1.807) is 12.1 Å². The third kappa shape index (κ3) is 2.02. The predicted octanol–water partition coefficient (Wildman–Crippen LogP) is 1.41. The Kier molecular flexibility index (Phi) is 3.12. The molecule has 0 spiro atoms. The normalized spacial score (nSPS) is 13.5. The lowest BCUT2D eigenvalue weighted by Gasteiger charge is -2.21. The van der Waals surface area contributed by atoms with Crippen molar-refractivity contribution in [2.24, 2.45) is 0 Å². The van der Waals surface area contributed by atoms with E-state index in [1.807, 2.05) is 0 Å². The van der Waals surface area contributed by atoms with Gasteiger partial charge in [-0.05, 0) is 12.1 Å². The van der Waals surface area contributed by atoms with Crippen molar-refractivity contribution in [2.75, 3.05) is 12.4 Å². The molecular formula is C15H10NO5S-. The molecule has 2 aromatic carbocycles. The minimum atomic E-state index is -4.77. The van der Waals surface area contributed by atoms with Crippen molar-refractivity contribution in [1.82, 2.24) is 0 Å². The Morgan fingerprint density at radius 1 is 0.909 bits per heavy atom. The summed E-state index contributed by atoms with van der Waals surface area (Å²) in [5.41, 5.74) is 0.470. The fraction of sp³-hybridized carbons (Fsp3) is 0.0667. The van der Waals surface area contributed by atoms with Crippen LogP contribution in [0.4, 0.5) is 5.69 Å². The van der Waals surface area contributed by atoms with Crippen molar-refractivity contribution >= 4 is 27.4 Å². The van der Waals surface area contributed by atoms with Gasteiger partial charge in [0, 0.05) is 29.3 Å². The first kappa shape index (κ1) is 14.4. The molecule has 0 amide bonds. The molecule has 1 N–H and O–H groups in total. The Balaban J connectivity index is 2.34. The Morgan fingerprint density at radius 3 is 1.86 bits per heavy atom. The van der Waals surface area contributed by atoms with Crippen molar-refractivity contribution < 1.29 is 22.6 Å². The number of ketones is 2. The molecule has 1 aliphatic rings. The van der Waals surface area contributed by atoms with E-state index < -0.39 is 20.8 Å².